The predicted molar refractivity (Wildman–Crippen MR) is 86.7 cm³/mol. The summed E-state index contributed by atoms with van der Waals surface area (Å²) in [5.74, 6) is -0.240. The highest BCUT2D eigenvalue weighted by Crippen LogP contribution is 2.38. The lowest BCUT2D eigenvalue weighted by molar-refractivity contribution is -0.0316. The quantitative estimate of drug-likeness (QED) is 0.865. The third-order valence-electron chi connectivity index (χ3n) is 4.67. The minimum atomic E-state index is -1.83. The van der Waals surface area contributed by atoms with Crippen LogP contribution in [0.5, 0.6) is 0 Å². The van der Waals surface area contributed by atoms with Crippen LogP contribution in [0, 0.1) is 5.82 Å². The highest BCUT2D eigenvalue weighted by Gasteiger charge is 2.45. The Morgan fingerprint density at radius 2 is 1.76 bits per heavy atom. The van der Waals surface area contributed by atoms with E-state index in [1.54, 1.807) is 12.1 Å². The van der Waals surface area contributed by atoms with Gasteiger partial charge in [0.05, 0.1) is 19.7 Å². The van der Waals surface area contributed by atoms with E-state index in [0.717, 1.165) is 5.69 Å². The van der Waals surface area contributed by atoms with Crippen molar-refractivity contribution >= 4 is 14.0 Å². The van der Waals surface area contributed by atoms with Crippen LogP contribution in [0.1, 0.15) is 20.8 Å². The Bertz CT molecular complexity index is 490. The molecule has 0 atom stereocenters. The van der Waals surface area contributed by atoms with Crippen LogP contribution in [0.4, 0.5) is 10.1 Å². The smallest absolute Gasteiger partial charge is 0.192 e. The van der Waals surface area contributed by atoms with E-state index in [-0.39, 0.29) is 10.9 Å². The maximum Gasteiger partial charge on any atom is 0.192 e. The molecule has 0 amide bonds. The minimum absolute atomic E-state index is 0.143. The third kappa shape index (κ3) is 3.65. The summed E-state index contributed by atoms with van der Waals surface area (Å²) in [6.45, 7) is 12.4. The molecule has 0 saturated carbocycles. The molecule has 1 heterocycles. The molecule has 21 heavy (non-hydrogen) atoms. The van der Waals surface area contributed by atoms with Crippen molar-refractivity contribution in [3.8, 4) is 0 Å². The molecule has 1 aromatic rings. The van der Waals surface area contributed by atoms with Crippen LogP contribution in [0.2, 0.25) is 18.1 Å². The Labute approximate surface area is 127 Å². The zero-order chi connectivity index (χ0) is 15.9. The van der Waals surface area contributed by atoms with Crippen LogP contribution in [-0.2, 0) is 4.43 Å². The summed E-state index contributed by atoms with van der Waals surface area (Å²) in [4.78, 5) is 2.04. The van der Waals surface area contributed by atoms with Crippen molar-refractivity contribution in [2.75, 3.05) is 24.6 Å². The molecule has 118 valence electrons. The minimum Gasteiger partial charge on any atom is -0.414 e. The molecule has 0 unspecified atom stereocenters. The van der Waals surface area contributed by atoms with Gasteiger partial charge in [-0.15, -0.1) is 0 Å². The van der Waals surface area contributed by atoms with Gasteiger partial charge in [-0.05, 0) is 42.4 Å². The van der Waals surface area contributed by atoms with Crippen molar-refractivity contribution < 1.29 is 13.9 Å². The topological polar surface area (TPSA) is 32.7 Å². The van der Waals surface area contributed by atoms with Crippen LogP contribution >= 0.6 is 0 Å². The standard InChI is InChI=1S/C16H26FNO2Si/c1-15(2,3)21(4,5)20-12-16(19)10-18(11-16)14-8-6-13(17)7-9-14/h6-9,19H,10-12H2,1-5H3. The van der Waals surface area contributed by atoms with Crippen molar-refractivity contribution in [3.05, 3.63) is 30.1 Å². The number of rotatable bonds is 4. The SMILES string of the molecule is CC(C)(C)[Si](C)(C)OCC1(O)CN(c2ccc(F)cc2)C1. The zero-order valence-corrected chi connectivity index (χ0v) is 14.6. The number of aliphatic hydroxyl groups is 1. The zero-order valence-electron chi connectivity index (χ0n) is 13.6. The fourth-order valence-electron chi connectivity index (χ4n) is 2.12. The van der Waals surface area contributed by atoms with Gasteiger partial charge >= 0.3 is 0 Å². The van der Waals surface area contributed by atoms with Gasteiger partial charge in [0, 0.05) is 5.69 Å². The summed E-state index contributed by atoms with van der Waals surface area (Å²) in [5, 5.41) is 10.6. The molecule has 1 aromatic carbocycles. The second kappa shape index (κ2) is 5.37. The average molecular weight is 311 g/mol. The first-order valence-corrected chi connectivity index (χ1v) is 10.3. The number of anilines is 1. The number of benzene rings is 1. The van der Waals surface area contributed by atoms with Crippen LogP contribution in [0.25, 0.3) is 0 Å². The Morgan fingerprint density at radius 3 is 2.24 bits per heavy atom. The van der Waals surface area contributed by atoms with E-state index < -0.39 is 13.9 Å². The number of β-amino-alcohol motifs (C(OH)–C–C–N with tert-alkyl or cyclic N) is 1. The Morgan fingerprint density at radius 1 is 1.24 bits per heavy atom. The molecule has 3 nitrogen and oxygen atoms in total. The molecule has 0 radical (unpaired) electrons. The third-order valence-corrected chi connectivity index (χ3v) is 9.15. The lowest BCUT2D eigenvalue weighted by Gasteiger charge is -2.49. The van der Waals surface area contributed by atoms with Crippen molar-refractivity contribution in [1.82, 2.24) is 0 Å². The normalized spacial score (nSPS) is 18.5. The average Bonchev–Trinajstić information content (AvgIpc) is 2.33. The lowest BCUT2D eigenvalue weighted by Crippen LogP contribution is -2.65. The van der Waals surface area contributed by atoms with E-state index in [1.165, 1.54) is 12.1 Å². The molecule has 1 saturated heterocycles. The summed E-state index contributed by atoms with van der Waals surface area (Å²) < 4.78 is 19.0. The van der Waals surface area contributed by atoms with Crippen molar-refractivity contribution in [1.29, 1.82) is 0 Å². The maximum atomic E-state index is 12.9. The number of nitrogens with zero attached hydrogens (tertiary/aromatic N) is 1. The first-order chi connectivity index (χ1) is 9.52. The van der Waals surface area contributed by atoms with Gasteiger partial charge in [-0.25, -0.2) is 4.39 Å². The van der Waals surface area contributed by atoms with Gasteiger partial charge in [-0.3, -0.25) is 0 Å². The van der Waals surface area contributed by atoms with Crippen LogP contribution in [0.15, 0.2) is 24.3 Å². The number of halogens is 1. The van der Waals surface area contributed by atoms with E-state index in [0.29, 0.717) is 19.7 Å². The molecule has 1 fully saturated rings. The van der Waals surface area contributed by atoms with Gasteiger partial charge in [0.25, 0.3) is 0 Å². The van der Waals surface area contributed by atoms with E-state index in [2.05, 4.69) is 33.9 Å². The Kier molecular flexibility index (Phi) is 4.21. The molecule has 0 aliphatic carbocycles. The van der Waals surface area contributed by atoms with Crippen LogP contribution in [0.3, 0.4) is 0 Å². The molecule has 0 spiro atoms. The largest absolute Gasteiger partial charge is 0.414 e. The van der Waals surface area contributed by atoms with E-state index in [1.807, 2.05) is 4.90 Å². The molecule has 1 aliphatic rings. The molecular weight excluding hydrogens is 285 g/mol. The van der Waals surface area contributed by atoms with Crippen LogP contribution < -0.4 is 4.90 Å². The molecule has 0 bridgehead atoms. The van der Waals surface area contributed by atoms with Gasteiger partial charge in [0.2, 0.25) is 0 Å². The Hall–Kier alpha value is -0.913. The Balaban J connectivity index is 1.89. The molecule has 2 rings (SSSR count). The van der Waals surface area contributed by atoms with Crippen molar-refractivity contribution in [2.45, 2.75) is 44.5 Å². The molecular formula is C16H26FNO2Si. The molecule has 1 aliphatic heterocycles. The van der Waals surface area contributed by atoms with Crippen molar-refractivity contribution in [3.63, 3.8) is 0 Å². The molecule has 1 N–H and O–H groups in total. The molecule has 0 aromatic heterocycles. The van der Waals surface area contributed by atoms with Gasteiger partial charge < -0.3 is 14.4 Å². The van der Waals surface area contributed by atoms with Gasteiger partial charge in [-0.1, -0.05) is 20.8 Å². The maximum absolute atomic E-state index is 12.9. The second-order valence-electron chi connectivity index (χ2n) is 7.61. The van der Waals surface area contributed by atoms with Crippen LogP contribution in [-0.4, -0.2) is 38.7 Å². The highest BCUT2D eigenvalue weighted by atomic mass is 28.4. The molecule has 5 heteroatoms. The number of hydrogen-bond donors (Lipinski definition) is 1. The van der Waals surface area contributed by atoms with Gasteiger partial charge in [-0.2, -0.15) is 0 Å². The predicted octanol–water partition coefficient (Wildman–Crippen LogP) is 3.40. The summed E-state index contributed by atoms with van der Waals surface area (Å²) in [5.41, 5.74) is 0.151. The highest BCUT2D eigenvalue weighted by molar-refractivity contribution is 6.74. The van der Waals surface area contributed by atoms with E-state index in [4.69, 9.17) is 4.43 Å². The fraction of sp³-hybridized carbons (Fsp3) is 0.625. The number of hydrogen-bond acceptors (Lipinski definition) is 3. The first kappa shape index (κ1) is 16.5. The monoisotopic (exact) mass is 311 g/mol. The van der Waals surface area contributed by atoms with E-state index in [9.17, 15) is 9.50 Å². The summed E-state index contributed by atoms with van der Waals surface area (Å²) in [6, 6.07) is 6.37. The van der Waals surface area contributed by atoms with Crippen molar-refractivity contribution in [2.24, 2.45) is 0 Å². The first-order valence-electron chi connectivity index (χ1n) is 7.39. The lowest BCUT2D eigenvalue weighted by atomic mass is 9.94. The summed E-state index contributed by atoms with van der Waals surface area (Å²) in [6.07, 6.45) is 0. The fourth-order valence-corrected chi connectivity index (χ4v) is 3.18. The summed E-state index contributed by atoms with van der Waals surface area (Å²) in [7, 11) is -1.83. The second-order valence-corrected chi connectivity index (χ2v) is 12.4. The summed E-state index contributed by atoms with van der Waals surface area (Å²) >= 11 is 0. The van der Waals surface area contributed by atoms with E-state index >= 15 is 0 Å². The van der Waals surface area contributed by atoms with Gasteiger partial charge in [0.1, 0.15) is 11.4 Å². The van der Waals surface area contributed by atoms with Gasteiger partial charge in [0.15, 0.2) is 8.32 Å².